The van der Waals surface area contributed by atoms with Gasteiger partial charge in [-0.3, -0.25) is 4.98 Å². The minimum absolute atomic E-state index is 0.341. The van der Waals surface area contributed by atoms with E-state index >= 15 is 0 Å². The van der Waals surface area contributed by atoms with E-state index in [-0.39, 0.29) is 5.97 Å². The molecule has 0 bridgehead atoms. The van der Waals surface area contributed by atoms with Gasteiger partial charge in [-0.2, -0.15) is 0 Å². The molecule has 4 nitrogen and oxygen atoms in total. The van der Waals surface area contributed by atoms with Crippen molar-refractivity contribution in [1.82, 2.24) is 10.3 Å². The number of methoxy groups -OCH3 is 1. The fourth-order valence-electron chi connectivity index (χ4n) is 2.68. The SMILES string of the molecule is COC(=O)c1ccc(CNCC2CCCC2C)nc1. The third-order valence-electron chi connectivity index (χ3n) is 4.00. The number of ether oxygens (including phenoxy) is 1. The fraction of sp³-hybridized carbons (Fsp3) is 0.600. The molecule has 2 rings (SSSR count). The van der Waals surface area contributed by atoms with Gasteiger partial charge in [-0.05, 0) is 36.9 Å². The largest absolute Gasteiger partial charge is 0.465 e. The molecule has 1 aromatic heterocycles. The van der Waals surface area contributed by atoms with E-state index in [4.69, 9.17) is 0 Å². The molecule has 0 aromatic carbocycles. The summed E-state index contributed by atoms with van der Waals surface area (Å²) in [6, 6.07) is 3.63. The molecule has 104 valence electrons. The van der Waals surface area contributed by atoms with Crippen molar-refractivity contribution in [3.05, 3.63) is 29.6 Å². The zero-order valence-corrected chi connectivity index (χ0v) is 11.7. The molecule has 2 unspecified atom stereocenters. The van der Waals surface area contributed by atoms with Crippen molar-refractivity contribution in [2.75, 3.05) is 13.7 Å². The normalized spacial score (nSPS) is 22.4. The number of aromatic nitrogens is 1. The maximum absolute atomic E-state index is 11.3. The zero-order valence-electron chi connectivity index (χ0n) is 11.7. The lowest BCUT2D eigenvalue weighted by atomic mass is 9.98. The van der Waals surface area contributed by atoms with E-state index in [1.165, 1.54) is 26.4 Å². The van der Waals surface area contributed by atoms with Crippen LogP contribution in [-0.4, -0.2) is 24.6 Å². The van der Waals surface area contributed by atoms with Gasteiger partial charge >= 0.3 is 5.97 Å². The molecule has 4 heteroatoms. The molecule has 19 heavy (non-hydrogen) atoms. The van der Waals surface area contributed by atoms with Crippen LogP contribution < -0.4 is 5.32 Å². The van der Waals surface area contributed by atoms with Crippen LogP contribution in [0, 0.1) is 11.8 Å². The minimum atomic E-state index is -0.341. The first-order chi connectivity index (χ1) is 9.20. The lowest BCUT2D eigenvalue weighted by molar-refractivity contribution is 0.0600. The van der Waals surface area contributed by atoms with Gasteiger partial charge in [-0.15, -0.1) is 0 Å². The first kappa shape index (κ1) is 14.0. The summed E-state index contributed by atoms with van der Waals surface area (Å²) in [6.07, 6.45) is 5.63. The van der Waals surface area contributed by atoms with Gasteiger partial charge in [0.1, 0.15) is 0 Å². The third-order valence-corrected chi connectivity index (χ3v) is 4.00. The van der Waals surface area contributed by atoms with E-state index in [1.54, 1.807) is 12.3 Å². The van der Waals surface area contributed by atoms with E-state index in [2.05, 4.69) is 22.0 Å². The van der Waals surface area contributed by atoms with Crippen molar-refractivity contribution in [2.45, 2.75) is 32.7 Å². The first-order valence-corrected chi connectivity index (χ1v) is 6.94. The molecular weight excluding hydrogens is 240 g/mol. The van der Waals surface area contributed by atoms with Gasteiger partial charge < -0.3 is 10.1 Å². The molecule has 1 aliphatic rings. The molecule has 1 aromatic rings. The standard InChI is InChI=1S/C15H22N2O2/c1-11-4-3-5-12(11)8-16-10-14-7-6-13(9-17-14)15(18)19-2/h6-7,9,11-12,16H,3-5,8,10H2,1-2H3. The molecule has 1 heterocycles. The molecule has 1 saturated carbocycles. The van der Waals surface area contributed by atoms with Gasteiger partial charge in [-0.1, -0.05) is 19.8 Å². The minimum Gasteiger partial charge on any atom is -0.465 e. The molecule has 1 aliphatic carbocycles. The summed E-state index contributed by atoms with van der Waals surface area (Å²) in [4.78, 5) is 15.5. The number of hydrogen-bond acceptors (Lipinski definition) is 4. The number of carbonyl (C=O) groups is 1. The van der Waals surface area contributed by atoms with E-state index < -0.39 is 0 Å². The van der Waals surface area contributed by atoms with Gasteiger partial charge in [0.15, 0.2) is 0 Å². The van der Waals surface area contributed by atoms with E-state index in [9.17, 15) is 4.79 Å². The van der Waals surface area contributed by atoms with Crippen LogP contribution in [0.3, 0.4) is 0 Å². The highest BCUT2D eigenvalue weighted by atomic mass is 16.5. The monoisotopic (exact) mass is 262 g/mol. The van der Waals surface area contributed by atoms with E-state index in [0.717, 1.165) is 30.6 Å². The van der Waals surface area contributed by atoms with Gasteiger partial charge in [0, 0.05) is 12.7 Å². The predicted octanol–water partition coefficient (Wildman–Crippen LogP) is 2.39. The molecule has 0 amide bonds. The second-order valence-corrected chi connectivity index (χ2v) is 5.33. The highest BCUT2D eigenvalue weighted by Crippen LogP contribution is 2.30. The van der Waals surface area contributed by atoms with E-state index in [0.29, 0.717) is 5.56 Å². The molecule has 2 atom stereocenters. The number of pyridine rings is 1. The lowest BCUT2D eigenvalue weighted by Crippen LogP contribution is -2.24. The average Bonchev–Trinajstić information content (AvgIpc) is 2.84. The first-order valence-electron chi connectivity index (χ1n) is 6.94. The van der Waals surface area contributed by atoms with Gasteiger partial charge in [0.25, 0.3) is 0 Å². The van der Waals surface area contributed by atoms with Crippen molar-refractivity contribution in [2.24, 2.45) is 11.8 Å². The average molecular weight is 262 g/mol. The highest BCUT2D eigenvalue weighted by molar-refractivity contribution is 5.88. The number of hydrogen-bond donors (Lipinski definition) is 1. The molecule has 1 N–H and O–H groups in total. The van der Waals surface area contributed by atoms with Crippen LogP contribution in [0.25, 0.3) is 0 Å². The van der Waals surface area contributed by atoms with Gasteiger partial charge in [0.05, 0.1) is 18.4 Å². The number of carbonyl (C=O) groups excluding carboxylic acids is 1. The Labute approximate surface area is 114 Å². The summed E-state index contributed by atoms with van der Waals surface area (Å²) in [5, 5.41) is 3.46. The van der Waals surface area contributed by atoms with Crippen LogP contribution in [0.2, 0.25) is 0 Å². The molecule has 0 radical (unpaired) electrons. The van der Waals surface area contributed by atoms with Crippen LogP contribution >= 0.6 is 0 Å². The fourth-order valence-corrected chi connectivity index (χ4v) is 2.68. The van der Waals surface area contributed by atoms with Crippen molar-refractivity contribution < 1.29 is 9.53 Å². The second kappa shape index (κ2) is 6.66. The number of rotatable bonds is 5. The summed E-state index contributed by atoms with van der Waals surface area (Å²) in [6.45, 7) is 4.15. The number of nitrogens with zero attached hydrogens (tertiary/aromatic N) is 1. The number of nitrogens with one attached hydrogen (secondary N) is 1. The summed E-state index contributed by atoms with van der Waals surface area (Å²) in [7, 11) is 1.38. The molecule has 0 aliphatic heterocycles. The van der Waals surface area contributed by atoms with Crippen molar-refractivity contribution in [1.29, 1.82) is 0 Å². The Morgan fingerprint density at radius 2 is 2.32 bits per heavy atom. The molecule has 0 saturated heterocycles. The van der Waals surface area contributed by atoms with Crippen LogP contribution in [0.1, 0.15) is 42.2 Å². The Morgan fingerprint density at radius 3 is 2.89 bits per heavy atom. The highest BCUT2D eigenvalue weighted by Gasteiger charge is 2.22. The van der Waals surface area contributed by atoms with Crippen molar-refractivity contribution in [3.63, 3.8) is 0 Å². The maximum atomic E-state index is 11.3. The van der Waals surface area contributed by atoms with Crippen LogP contribution in [0.15, 0.2) is 18.3 Å². The Balaban J connectivity index is 1.78. The molecule has 1 fully saturated rings. The van der Waals surface area contributed by atoms with Gasteiger partial charge in [0.2, 0.25) is 0 Å². The van der Waals surface area contributed by atoms with Crippen molar-refractivity contribution in [3.8, 4) is 0 Å². The molecular formula is C15H22N2O2. The predicted molar refractivity (Wildman–Crippen MR) is 73.8 cm³/mol. The van der Waals surface area contributed by atoms with Crippen LogP contribution in [0.4, 0.5) is 0 Å². The molecule has 0 spiro atoms. The Bertz CT molecular complexity index is 417. The number of esters is 1. The van der Waals surface area contributed by atoms with Crippen molar-refractivity contribution >= 4 is 5.97 Å². The second-order valence-electron chi connectivity index (χ2n) is 5.33. The third kappa shape index (κ3) is 3.77. The topological polar surface area (TPSA) is 51.2 Å². The Hall–Kier alpha value is -1.42. The Morgan fingerprint density at radius 1 is 1.47 bits per heavy atom. The van der Waals surface area contributed by atoms with Gasteiger partial charge in [-0.25, -0.2) is 4.79 Å². The summed E-state index contributed by atoms with van der Waals surface area (Å²) in [5.41, 5.74) is 1.45. The zero-order chi connectivity index (χ0) is 13.7. The maximum Gasteiger partial charge on any atom is 0.339 e. The quantitative estimate of drug-likeness (QED) is 0.828. The van der Waals surface area contributed by atoms with Crippen LogP contribution in [-0.2, 0) is 11.3 Å². The smallest absolute Gasteiger partial charge is 0.339 e. The summed E-state index contributed by atoms with van der Waals surface area (Å²) >= 11 is 0. The van der Waals surface area contributed by atoms with E-state index in [1.807, 2.05) is 6.07 Å². The summed E-state index contributed by atoms with van der Waals surface area (Å²) in [5.74, 6) is 1.29. The Kier molecular flexibility index (Phi) is 4.91. The lowest BCUT2D eigenvalue weighted by Gasteiger charge is -2.15. The summed E-state index contributed by atoms with van der Waals surface area (Å²) < 4.78 is 4.64. The van der Waals surface area contributed by atoms with Crippen LogP contribution in [0.5, 0.6) is 0 Å².